The minimum absolute atomic E-state index is 0.0152. The van der Waals surface area contributed by atoms with Gasteiger partial charge in [-0.3, -0.25) is 5.10 Å². The lowest BCUT2D eigenvalue weighted by molar-refractivity contribution is 0.180. The Balaban J connectivity index is 2.00. The standard InChI is InChI=1S/C19H32N6O/c1-18(2,3)15-10-14(22-23-15)11-24(7)17(26)21-16(19(4,5)6)12-25-9-8-20-13-25/h8-10,13,16H,11-12H2,1-7H3,(H,21,26)(H,22,23)/t16-/m1/s1. The van der Waals surface area contributed by atoms with Crippen LogP contribution in [0.3, 0.4) is 0 Å². The van der Waals surface area contributed by atoms with Crippen LogP contribution in [0, 0.1) is 5.41 Å². The van der Waals surface area contributed by atoms with E-state index < -0.39 is 0 Å². The van der Waals surface area contributed by atoms with Crippen molar-refractivity contribution in [2.24, 2.45) is 5.41 Å². The highest BCUT2D eigenvalue weighted by Crippen LogP contribution is 2.22. The highest BCUT2D eigenvalue weighted by molar-refractivity contribution is 5.74. The molecule has 2 aromatic rings. The summed E-state index contributed by atoms with van der Waals surface area (Å²) >= 11 is 0. The van der Waals surface area contributed by atoms with Gasteiger partial charge in [0.05, 0.1) is 30.3 Å². The molecule has 0 unspecified atom stereocenters. The molecule has 2 rings (SSSR count). The molecule has 1 atom stereocenters. The van der Waals surface area contributed by atoms with Crippen LogP contribution >= 0.6 is 0 Å². The molecule has 0 aliphatic rings. The van der Waals surface area contributed by atoms with Crippen molar-refractivity contribution in [2.45, 2.75) is 66.1 Å². The quantitative estimate of drug-likeness (QED) is 0.859. The maximum atomic E-state index is 12.7. The van der Waals surface area contributed by atoms with E-state index in [1.807, 2.05) is 16.8 Å². The monoisotopic (exact) mass is 360 g/mol. The van der Waals surface area contributed by atoms with E-state index in [1.54, 1.807) is 24.5 Å². The Morgan fingerprint density at radius 1 is 1.31 bits per heavy atom. The number of carbonyl (C=O) groups excluding carboxylic acids is 1. The van der Waals surface area contributed by atoms with E-state index in [4.69, 9.17) is 0 Å². The maximum Gasteiger partial charge on any atom is 0.317 e. The molecule has 2 amide bonds. The molecule has 0 saturated carbocycles. The summed E-state index contributed by atoms with van der Waals surface area (Å²) in [4.78, 5) is 18.4. The van der Waals surface area contributed by atoms with Crippen molar-refractivity contribution in [3.63, 3.8) is 0 Å². The van der Waals surface area contributed by atoms with E-state index in [1.165, 1.54) is 0 Å². The van der Waals surface area contributed by atoms with Gasteiger partial charge >= 0.3 is 6.03 Å². The number of amides is 2. The second kappa shape index (κ2) is 7.51. The molecule has 2 aromatic heterocycles. The van der Waals surface area contributed by atoms with Gasteiger partial charge in [-0.1, -0.05) is 41.5 Å². The molecule has 0 saturated heterocycles. The molecule has 0 aliphatic carbocycles. The molecule has 2 heterocycles. The zero-order chi connectivity index (χ0) is 19.5. The molecule has 7 nitrogen and oxygen atoms in total. The second-order valence-corrected chi connectivity index (χ2v) is 9.01. The van der Waals surface area contributed by atoms with E-state index in [9.17, 15) is 4.79 Å². The van der Waals surface area contributed by atoms with Gasteiger partial charge in [-0.05, 0) is 11.5 Å². The third kappa shape index (κ3) is 5.34. The first kappa shape index (κ1) is 20.0. The predicted octanol–water partition coefficient (Wildman–Crippen LogP) is 3.16. The van der Waals surface area contributed by atoms with Gasteiger partial charge in [0.1, 0.15) is 0 Å². The molecular formula is C19H32N6O. The van der Waals surface area contributed by atoms with Crippen molar-refractivity contribution in [3.05, 3.63) is 36.2 Å². The number of urea groups is 1. The largest absolute Gasteiger partial charge is 0.335 e. The minimum atomic E-state index is -0.100. The van der Waals surface area contributed by atoms with Crippen LogP contribution in [-0.2, 0) is 18.5 Å². The summed E-state index contributed by atoms with van der Waals surface area (Å²) < 4.78 is 1.99. The first-order chi connectivity index (χ1) is 12.0. The molecule has 0 aromatic carbocycles. The van der Waals surface area contributed by atoms with Gasteiger partial charge in [0.25, 0.3) is 0 Å². The van der Waals surface area contributed by atoms with Crippen LogP contribution in [0.15, 0.2) is 24.8 Å². The number of nitrogens with one attached hydrogen (secondary N) is 2. The summed E-state index contributed by atoms with van der Waals surface area (Å²) in [6, 6.07) is 1.91. The average Bonchev–Trinajstić information content (AvgIpc) is 3.16. The van der Waals surface area contributed by atoms with E-state index in [-0.39, 0.29) is 22.9 Å². The van der Waals surface area contributed by atoms with Crippen LogP contribution in [-0.4, -0.2) is 43.8 Å². The zero-order valence-electron chi connectivity index (χ0n) is 17.0. The Morgan fingerprint density at radius 2 is 2.00 bits per heavy atom. The number of aromatic nitrogens is 4. The molecule has 0 spiro atoms. The Hall–Kier alpha value is -2.31. The molecule has 0 radical (unpaired) electrons. The van der Waals surface area contributed by atoms with Crippen molar-refractivity contribution in [1.29, 1.82) is 0 Å². The molecule has 0 aliphatic heterocycles. The summed E-state index contributed by atoms with van der Waals surface area (Å²) in [6.07, 6.45) is 5.43. The second-order valence-electron chi connectivity index (χ2n) is 9.01. The van der Waals surface area contributed by atoms with Gasteiger partial charge in [0, 0.05) is 31.4 Å². The summed E-state index contributed by atoms with van der Waals surface area (Å²) in [6.45, 7) is 13.9. The number of nitrogens with zero attached hydrogens (tertiary/aromatic N) is 4. The van der Waals surface area contributed by atoms with Crippen molar-refractivity contribution in [1.82, 2.24) is 30.0 Å². The van der Waals surface area contributed by atoms with E-state index in [0.717, 1.165) is 11.4 Å². The highest BCUT2D eigenvalue weighted by atomic mass is 16.2. The molecule has 144 valence electrons. The fraction of sp³-hybridized carbons (Fsp3) is 0.632. The zero-order valence-corrected chi connectivity index (χ0v) is 17.0. The summed E-state index contributed by atoms with van der Waals surface area (Å²) in [5.41, 5.74) is 1.83. The first-order valence-electron chi connectivity index (χ1n) is 8.99. The number of H-pyrrole nitrogens is 1. The van der Waals surface area contributed by atoms with Crippen LogP contribution in [0.5, 0.6) is 0 Å². The average molecular weight is 361 g/mol. The van der Waals surface area contributed by atoms with Crippen LogP contribution in [0.25, 0.3) is 0 Å². The minimum Gasteiger partial charge on any atom is -0.335 e. The maximum absolute atomic E-state index is 12.7. The SMILES string of the molecule is CN(Cc1cc(C(C)(C)C)n[nH]1)C(=O)N[C@H](Cn1ccnc1)C(C)(C)C. The van der Waals surface area contributed by atoms with E-state index >= 15 is 0 Å². The van der Waals surface area contributed by atoms with Gasteiger partial charge in [-0.25, -0.2) is 9.78 Å². The highest BCUT2D eigenvalue weighted by Gasteiger charge is 2.28. The lowest BCUT2D eigenvalue weighted by Gasteiger charge is -2.33. The lowest BCUT2D eigenvalue weighted by atomic mass is 9.86. The number of imidazole rings is 1. The molecule has 26 heavy (non-hydrogen) atoms. The molecule has 0 fully saturated rings. The van der Waals surface area contributed by atoms with Crippen LogP contribution in [0.1, 0.15) is 52.9 Å². The Morgan fingerprint density at radius 3 is 2.50 bits per heavy atom. The Kier molecular flexibility index (Phi) is 5.78. The number of hydrogen-bond donors (Lipinski definition) is 2. The lowest BCUT2D eigenvalue weighted by Crippen LogP contribution is -2.50. The van der Waals surface area contributed by atoms with Crippen molar-refractivity contribution < 1.29 is 4.79 Å². The third-order valence-electron chi connectivity index (χ3n) is 4.45. The van der Waals surface area contributed by atoms with Crippen LogP contribution in [0.2, 0.25) is 0 Å². The van der Waals surface area contributed by atoms with Gasteiger partial charge in [0.15, 0.2) is 0 Å². The molecular weight excluding hydrogens is 328 g/mol. The van der Waals surface area contributed by atoms with Crippen molar-refractivity contribution in [2.75, 3.05) is 7.05 Å². The number of carbonyl (C=O) groups is 1. The molecule has 0 bridgehead atoms. The number of hydrogen-bond acceptors (Lipinski definition) is 3. The number of aromatic amines is 1. The van der Waals surface area contributed by atoms with Gasteiger partial charge in [-0.15, -0.1) is 0 Å². The van der Waals surface area contributed by atoms with Gasteiger partial charge < -0.3 is 14.8 Å². The fourth-order valence-corrected chi connectivity index (χ4v) is 2.55. The Labute approximate surface area is 156 Å². The summed E-state index contributed by atoms with van der Waals surface area (Å²) in [5, 5.41) is 10.5. The Bertz CT molecular complexity index is 705. The topological polar surface area (TPSA) is 78.8 Å². The summed E-state index contributed by atoms with van der Waals surface area (Å²) in [7, 11) is 1.80. The fourth-order valence-electron chi connectivity index (χ4n) is 2.55. The van der Waals surface area contributed by atoms with Crippen LogP contribution < -0.4 is 5.32 Å². The molecule has 2 N–H and O–H groups in total. The van der Waals surface area contributed by atoms with Gasteiger partial charge in [-0.2, -0.15) is 5.10 Å². The normalized spacial score (nSPS) is 13.5. The third-order valence-corrected chi connectivity index (χ3v) is 4.45. The van der Waals surface area contributed by atoms with E-state index in [2.05, 4.69) is 62.0 Å². The van der Waals surface area contributed by atoms with Crippen molar-refractivity contribution in [3.8, 4) is 0 Å². The van der Waals surface area contributed by atoms with Crippen molar-refractivity contribution >= 4 is 6.03 Å². The van der Waals surface area contributed by atoms with E-state index in [0.29, 0.717) is 13.1 Å². The molecule has 7 heteroatoms. The summed E-state index contributed by atoms with van der Waals surface area (Å²) in [5.74, 6) is 0. The first-order valence-corrected chi connectivity index (χ1v) is 8.99. The van der Waals surface area contributed by atoms with Crippen LogP contribution in [0.4, 0.5) is 4.79 Å². The number of rotatable bonds is 5. The smallest absolute Gasteiger partial charge is 0.317 e. The van der Waals surface area contributed by atoms with Gasteiger partial charge in [0.2, 0.25) is 0 Å². The predicted molar refractivity (Wildman–Crippen MR) is 103 cm³/mol.